The van der Waals surface area contributed by atoms with Gasteiger partial charge in [0.15, 0.2) is 0 Å². The summed E-state index contributed by atoms with van der Waals surface area (Å²) in [5, 5.41) is 3.57. The molecule has 1 N–H and O–H groups in total. The van der Waals surface area contributed by atoms with Gasteiger partial charge in [0, 0.05) is 32.9 Å². The van der Waals surface area contributed by atoms with Crippen LogP contribution in [0.25, 0.3) is 0 Å². The van der Waals surface area contributed by atoms with E-state index in [9.17, 15) is 0 Å². The van der Waals surface area contributed by atoms with Crippen molar-refractivity contribution in [3.05, 3.63) is 0 Å². The molecule has 3 heteroatoms. The van der Waals surface area contributed by atoms with Crippen molar-refractivity contribution in [2.45, 2.75) is 45.6 Å². The zero-order valence-corrected chi connectivity index (χ0v) is 11.1. The minimum atomic E-state index is 0.453. The van der Waals surface area contributed by atoms with E-state index < -0.39 is 0 Å². The van der Waals surface area contributed by atoms with Gasteiger partial charge in [0.05, 0.1) is 6.61 Å². The van der Waals surface area contributed by atoms with E-state index in [0.29, 0.717) is 11.5 Å². The fourth-order valence-corrected chi connectivity index (χ4v) is 2.32. The van der Waals surface area contributed by atoms with Crippen molar-refractivity contribution >= 4 is 0 Å². The summed E-state index contributed by atoms with van der Waals surface area (Å²) in [6, 6.07) is 0.453. The average Bonchev–Trinajstić information content (AvgIpc) is 2.21. The second kappa shape index (κ2) is 7.25. The maximum absolute atomic E-state index is 5.47. The molecule has 0 aromatic heterocycles. The molecule has 0 amide bonds. The molecule has 1 rings (SSSR count). The predicted octanol–water partition coefficient (Wildman–Crippen LogP) is 2.21. The summed E-state index contributed by atoms with van der Waals surface area (Å²) in [5.41, 5.74) is 0.511. The molecule has 1 atom stereocenters. The van der Waals surface area contributed by atoms with Gasteiger partial charge in [-0.15, -0.1) is 0 Å². The Labute approximate surface area is 99.9 Å². The number of methoxy groups -OCH3 is 1. The minimum absolute atomic E-state index is 0.453. The van der Waals surface area contributed by atoms with Crippen LogP contribution in [0.4, 0.5) is 0 Å². The van der Waals surface area contributed by atoms with E-state index >= 15 is 0 Å². The van der Waals surface area contributed by atoms with E-state index in [4.69, 9.17) is 9.47 Å². The fraction of sp³-hybridized carbons (Fsp3) is 1.00. The second-order valence-corrected chi connectivity index (χ2v) is 5.04. The fourth-order valence-electron chi connectivity index (χ4n) is 2.32. The van der Waals surface area contributed by atoms with Crippen LogP contribution in [0.3, 0.4) is 0 Å². The van der Waals surface area contributed by atoms with Crippen molar-refractivity contribution in [1.29, 1.82) is 0 Å². The Kier molecular flexibility index (Phi) is 6.32. The van der Waals surface area contributed by atoms with Crippen molar-refractivity contribution < 1.29 is 9.47 Å². The number of ether oxygens (including phenoxy) is 2. The number of rotatable bonds is 9. The molecule has 0 heterocycles. The molecule has 0 aromatic rings. The molecule has 1 unspecified atom stereocenters. The lowest BCUT2D eigenvalue weighted by molar-refractivity contribution is 0.0491. The molecule has 1 fully saturated rings. The predicted molar refractivity (Wildman–Crippen MR) is 66.7 cm³/mol. The van der Waals surface area contributed by atoms with Gasteiger partial charge in [-0.2, -0.15) is 0 Å². The molecule has 1 aliphatic carbocycles. The first-order valence-electron chi connectivity index (χ1n) is 6.52. The molecule has 0 aromatic carbocycles. The van der Waals surface area contributed by atoms with Crippen LogP contribution < -0.4 is 5.32 Å². The highest BCUT2D eigenvalue weighted by Gasteiger charge is 2.36. The quantitative estimate of drug-likeness (QED) is 0.615. The highest BCUT2D eigenvalue weighted by atomic mass is 16.5. The van der Waals surface area contributed by atoms with Crippen molar-refractivity contribution in [1.82, 2.24) is 5.32 Å². The number of hydrogen-bond acceptors (Lipinski definition) is 3. The molecular weight excluding hydrogens is 202 g/mol. The summed E-state index contributed by atoms with van der Waals surface area (Å²) in [6.07, 6.45) is 5.29. The monoisotopic (exact) mass is 229 g/mol. The van der Waals surface area contributed by atoms with Gasteiger partial charge in [-0.3, -0.25) is 0 Å². The van der Waals surface area contributed by atoms with Gasteiger partial charge >= 0.3 is 0 Å². The molecule has 0 radical (unpaired) electrons. The Morgan fingerprint density at radius 3 is 2.62 bits per heavy atom. The summed E-state index contributed by atoms with van der Waals surface area (Å²) in [6.45, 7) is 7.90. The van der Waals surface area contributed by atoms with Gasteiger partial charge in [-0.05, 0) is 38.5 Å². The largest absolute Gasteiger partial charge is 0.383 e. The van der Waals surface area contributed by atoms with Crippen LogP contribution >= 0.6 is 0 Å². The molecular formula is C13H27NO2. The summed E-state index contributed by atoms with van der Waals surface area (Å²) in [7, 11) is 1.76. The maximum Gasteiger partial charge on any atom is 0.0613 e. The van der Waals surface area contributed by atoms with Gasteiger partial charge in [0.25, 0.3) is 0 Å². The number of hydrogen-bond donors (Lipinski definition) is 1. The van der Waals surface area contributed by atoms with E-state index in [1.165, 1.54) is 25.7 Å². The third-order valence-corrected chi connectivity index (χ3v) is 3.64. The van der Waals surface area contributed by atoms with E-state index in [1.54, 1.807) is 7.11 Å². The van der Waals surface area contributed by atoms with Crippen LogP contribution in [0.5, 0.6) is 0 Å². The Morgan fingerprint density at radius 2 is 2.12 bits per heavy atom. The summed E-state index contributed by atoms with van der Waals surface area (Å²) in [5.74, 6) is 0. The van der Waals surface area contributed by atoms with Crippen LogP contribution in [0.1, 0.15) is 39.5 Å². The topological polar surface area (TPSA) is 30.5 Å². The summed E-state index contributed by atoms with van der Waals surface area (Å²) in [4.78, 5) is 0. The normalized spacial score (nSPS) is 20.4. The minimum Gasteiger partial charge on any atom is -0.383 e. The summed E-state index contributed by atoms with van der Waals surface area (Å²) < 4.78 is 10.6. The highest BCUT2D eigenvalue weighted by molar-refractivity contribution is 4.90. The molecule has 1 saturated carbocycles. The van der Waals surface area contributed by atoms with Crippen LogP contribution in [0.2, 0.25) is 0 Å². The average molecular weight is 229 g/mol. The van der Waals surface area contributed by atoms with Gasteiger partial charge < -0.3 is 14.8 Å². The molecule has 16 heavy (non-hydrogen) atoms. The van der Waals surface area contributed by atoms with Crippen LogP contribution in [-0.4, -0.2) is 39.5 Å². The van der Waals surface area contributed by atoms with E-state index in [1.807, 2.05) is 0 Å². The summed E-state index contributed by atoms with van der Waals surface area (Å²) >= 11 is 0. The Balaban J connectivity index is 2.19. The van der Waals surface area contributed by atoms with Gasteiger partial charge in [0.1, 0.15) is 0 Å². The molecule has 0 spiro atoms. The molecule has 3 nitrogen and oxygen atoms in total. The third kappa shape index (κ3) is 4.40. The Bertz CT molecular complexity index is 181. The first kappa shape index (κ1) is 13.9. The van der Waals surface area contributed by atoms with Crippen molar-refractivity contribution in [3.63, 3.8) is 0 Å². The van der Waals surface area contributed by atoms with Crippen LogP contribution in [-0.2, 0) is 9.47 Å². The SMILES string of the molecule is CCOCCC1(CNC(C)COC)CCC1. The standard InChI is InChI=1S/C13H27NO2/c1-4-16-9-8-13(6-5-7-13)11-14-12(2)10-15-3/h12,14H,4-11H2,1-3H3. The maximum atomic E-state index is 5.47. The molecule has 0 bridgehead atoms. The third-order valence-electron chi connectivity index (χ3n) is 3.64. The van der Waals surface area contributed by atoms with Gasteiger partial charge in [-0.1, -0.05) is 6.42 Å². The Hall–Kier alpha value is -0.120. The second-order valence-electron chi connectivity index (χ2n) is 5.04. The van der Waals surface area contributed by atoms with Crippen molar-refractivity contribution in [2.75, 3.05) is 33.5 Å². The molecule has 96 valence electrons. The lowest BCUT2D eigenvalue weighted by Gasteiger charge is -2.43. The van der Waals surface area contributed by atoms with Crippen molar-refractivity contribution in [3.8, 4) is 0 Å². The first-order valence-corrected chi connectivity index (χ1v) is 6.52. The zero-order valence-electron chi connectivity index (χ0n) is 11.1. The van der Waals surface area contributed by atoms with Crippen LogP contribution in [0, 0.1) is 5.41 Å². The van der Waals surface area contributed by atoms with Crippen LogP contribution in [0.15, 0.2) is 0 Å². The zero-order chi connectivity index (χ0) is 11.9. The van der Waals surface area contributed by atoms with E-state index in [2.05, 4.69) is 19.2 Å². The number of nitrogens with one attached hydrogen (secondary N) is 1. The molecule has 1 aliphatic rings. The molecule has 0 saturated heterocycles. The first-order chi connectivity index (χ1) is 7.72. The Morgan fingerprint density at radius 1 is 1.38 bits per heavy atom. The lowest BCUT2D eigenvalue weighted by Crippen LogP contribution is -2.44. The highest BCUT2D eigenvalue weighted by Crippen LogP contribution is 2.43. The molecule has 0 aliphatic heterocycles. The smallest absolute Gasteiger partial charge is 0.0613 e. The van der Waals surface area contributed by atoms with Gasteiger partial charge in [0.2, 0.25) is 0 Å². The van der Waals surface area contributed by atoms with Crippen molar-refractivity contribution in [2.24, 2.45) is 5.41 Å². The lowest BCUT2D eigenvalue weighted by atomic mass is 9.66. The van der Waals surface area contributed by atoms with E-state index in [0.717, 1.165) is 26.4 Å². The van der Waals surface area contributed by atoms with Gasteiger partial charge in [-0.25, -0.2) is 0 Å². The van der Waals surface area contributed by atoms with E-state index in [-0.39, 0.29) is 0 Å².